The maximum absolute atomic E-state index is 12.1. The van der Waals surface area contributed by atoms with E-state index in [1.165, 1.54) is 24.0 Å². The smallest absolute Gasteiger partial charge is 0.387 e. The van der Waals surface area contributed by atoms with Crippen LogP contribution in [0.4, 0.5) is 5.82 Å². The quantitative estimate of drug-likeness (QED) is 0.197. The van der Waals surface area contributed by atoms with E-state index in [9.17, 15) is 33.7 Å². The maximum atomic E-state index is 12.1. The Hall–Kier alpha value is -1.33. The highest BCUT2D eigenvalue weighted by atomic mass is 31.3. The van der Waals surface area contributed by atoms with Crippen LogP contribution in [0.15, 0.2) is 18.6 Å². The Labute approximate surface area is 211 Å². The monoisotopic (exact) mass is 593 g/mol. The third-order valence-electron chi connectivity index (χ3n) is 4.67. The summed E-state index contributed by atoms with van der Waals surface area (Å²) in [4.78, 5) is 46.0. The van der Waals surface area contributed by atoms with E-state index in [-0.39, 0.29) is 11.5 Å². The second kappa shape index (κ2) is 11.4. The largest absolute Gasteiger partial charge is 0.490 e. The van der Waals surface area contributed by atoms with Crippen LogP contribution >= 0.6 is 23.5 Å². The van der Waals surface area contributed by atoms with Crippen molar-refractivity contribution in [1.29, 1.82) is 0 Å². The van der Waals surface area contributed by atoms with Crippen LogP contribution in [0.5, 0.6) is 0 Å². The summed E-state index contributed by atoms with van der Waals surface area (Å²) >= 11 is 0. The highest BCUT2D eigenvalue weighted by Gasteiger charge is 2.56. The topological polar surface area (TPSA) is 269 Å². The summed E-state index contributed by atoms with van der Waals surface area (Å²) < 4.78 is 53.3. The number of hydrogen-bond acceptors (Lipinski definition) is 13. The van der Waals surface area contributed by atoms with Gasteiger partial charge in [-0.1, -0.05) is 0 Å². The van der Waals surface area contributed by atoms with Crippen molar-refractivity contribution >= 4 is 40.3 Å². The number of ether oxygens (including phenoxy) is 1. The summed E-state index contributed by atoms with van der Waals surface area (Å²) in [6.07, 6.45) is -3.45. The molecule has 1 aliphatic heterocycles. The van der Waals surface area contributed by atoms with E-state index in [1.807, 2.05) is 26.0 Å². The number of phosphoric ester groups is 1. The Balaban J connectivity index is 0.00000112. The molecule has 0 bridgehead atoms. The number of aromatic nitrogens is 3. The molecule has 37 heavy (non-hydrogen) atoms. The third kappa shape index (κ3) is 8.33. The van der Waals surface area contributed by atoms with E-state index >= 15 is 0 Å². The van der Waals surface area contributed by atoms with E-state index in [0.29, 0.717) is 5.39 Å². The van der Waals surface area contributed by atoms with Crippen LogP contribution in [-0.2, 0) is 31.6 Å². The van der Waals surface area contributed by atoms with Crippen LogP contribution in [0.25, 0.3) is 11.0 Å². The maximum Gasteiger partial charge on any atom is 0.490 e. The van der Waals surface area contributed by atoms with Crippen LogP contribution in [0.1, 0.15) is 20.1 Å². The SMILES string of the molecule is CC(OP(=O)(O)OP(=O)(O)OP(=O)(O)O)[C@H]1O[C@@H](n2ccc3c(N)ncnc32)[C@](C)(O)[C@@H]1O.CN(C)C. The minimum atomic E-state index is -5.73. The van der Waals surface area contributed by atoms with Crippen LogP contribution in [-0.4, -0.2) is 94.3 Å². The van der Waals surface area contributed by atoms with Crippen molar-refractivity contribution in [2.24, 2.45) is 0 Å². The number of anilines is 1. The molecule has 18 nitrogen and oxygen atoms in total. The molecule has 7 atom stereocenters. The van der Waals surface area contributed by atoms with Gasteiger partial charge < -0.3 is 49.7 Å². The standard InChI is InChI=1S/C13H21N4O13P3.C3H9N/c1-6(28-32(23,24)30-33(25,26)29-31(20,21)22)8-9(18)13(2,19)12(27-8)17-4-3-7-10(14)15-5-16-11(7)17;1-4(2)3/h3-6,8-9,12,18-19H,1-2H3,(H,23,24)(H,25,26)(H2,14,15,16)(H2,20,21,22);1-3H3/t6?,8-,9-,12-,13-;/m1./s1. The van der Waals surface area contributed by atoms with Crippen LogP contribution < -0.4 is 5.73 Å². The van der Waals surface area contributed by atoms with Gasteiger partial charge in [-0.15, -0.1) is 0 Å². The summed E-state index contributed by atoms with van der Waals surface area (Å²) in [5.41, 5.74) is 4.04. The van der Waals surface area contributed by atoms with Gasteiger partial charge in [0.25, 0.3) is 0 Å². The fraction of sp³-hybridized carbons (Fsp3) is 0.625. The molecule has 0 amide bonds. The van der Waals surface area contributed by atoms with Gasteiger partial charge in [-0.25, -0.2) is 23.7 Å². The average molecular weight is 593 g/mol. The van der Waals surface area contributed by atoms with Gasteiger partial charge in [-0.2, -0.15) is 8.62 Å². The molecular formula is C16H30N5O13P3. The number of hydrogen-bond donors (Lipinski definition) is 7. The molecule has 2 aromatic heterocycles. The number of aliphatic hydroxyl groups is 2. The second-order valence-corrected chi connectivity index (χ2v) is 13.0. The van der Waals surface area contributed by atoms with Gasteiger partial charge in [0.1, 0.15) is 35.6 Å². The molecular weight excluding hydrogens is 563 g/mol. The fourth-order valence-electron chi connectivity index (χ4n) is 3.30. The Morgan fingerprint density at radius 2 is 1.70 bits per heavy atom. The molecule has 212 valence electrons. The molecule has 0 radical (unpaired) electrons. The van der Waals surface area contributed by atoms with Crippen molar-refractivity contribution in [3.63, 3.8) is 0 Å². The summed E-state index contributed by atoms with van der Waals surface area (Å²) in [5.74, 6) is 0.148. The second-order valence-electron chi connectivity index (χ2n) is 8.59. The molecule has 3 heterocycles. The molecule has 0 spiro atoms. The lowest BCUT2D eigenvalue weighted by Gasteiger charge is -2.28. The van der Waals surface area contributed by atoms with Gasteiger partial charge in [-0.3, -0.25) is 4.52 Å². The third-order valence-corrected chi connectivity index (χ3v) is 8.59. The van der Waals surface area contributed by atoms with Crippen LogP contribution in [0.2, 0.25) is 0 Å². The predicted octanol–water partition coefficient (Wildman–Crippen LogP) is -0.0676. The van der Waals surface area contributed by atoms with Crippen LogP contribution in [0, 0.1) is 0 Å². The molecule has 21 heteroatoms. The van der Waals surface area contributed by atoms with Gasteiger partial charge >= 0.3 is 23.5 Å². The van der Waals surface area contributed by atoms with Crippen molar-refractivity contribution in [3.05, 3.63) is 18.6 Å². The summed E-state index contributed by atoms with van der Waals surface area (Å²) in [7, 11) is -10.8. The number of nitrogen functional groups attached to an aromatic ring is 1. The molecule has 8 N–H and O–H groups in total. The van der Waals surface area contributed by atoms with E-state index in [4.69, 9.17) is 20.3 Å². The molecule has 1 aliphatic rings. The average Bonchev–Trinajstić information content (AvgIpc) is 3.18. The van der Waals surface area contributed by atoms with Gasteiger partial charge in [0.2, 0.25) is 0 Å². The predicted molar refractivity (Wildman–Crippen MR) is 127 cm³/mol. The highest BCUT2D eigenvalue weighted by molar-refractivity contribution is 7.66. The number of phosphoric acid groups is 3. The first-order valence-corrected chi connectivity index (χ1v) is 14.7. The summed E-state index contributed by atoms with van der Waals surface area (Å²) in [6, 6.07) is 1.54. The number of nitrogens with two attached hydrogens (primary N) is 1. The Morgan fingerprint density at radius 3 is 2.24 bits per heavy atom. The molecule has 3 unspecified atom stereocenters. The molecule has 3 rings (SSSR count). The van der Waals surface area contributed by atoms with Crippen molar-refractivity contribution in [2.45, 2.75) is 44.0 Å². The Kier molecular flexibility index (Phi) is 9.84. The first-order valence-electron chi connectivity index (χ1n) is 10.2. The number of aliphatic hydroxyl groups excluding tert-OH is 1. The molecule has 2 aromatic rings. The fourth-order valence-corrected chi connectivity index (χ4v) is 6.50. The molecule has 0 aliphatic carbocycles. The van der Waals surface area contributed by atoms with Crippen molar-refractivity contribution in [1.82, 2.24) is 19.4 Å². The first kappa shape index (κ1) is 31.9. The number of fused-ring (bicyclic) bond motifs is 1. The molecule has 0 aromatic carbocycles. The van der Waals surface area contributed by atoms with E-state index in [1.54, 1.807) is 6.07 Å². The first-order chi connectivity index (χ1) is 16.7. The molecule has 1 saturated heterocycles. The van der Waals surface area contributed by atoms with Crippen LogP contribution in [0.3, 0.4) is 0 Å². The zero-order chi connectivity index (χ0) is 28.6. The molecule has 1 fully saturated rings. The van der Waals surface area contributed by atoms with Gasteiger partial charge in [-0.05, 0) is 41.1 Å². The lowest BCUT2D eigenvalue weighted by atomic mass is 9.94. The lowest BCUT2D eigenvalue weighted by Crippen LogP contribution is -2.46. The van der Waals surface area contributed by atoms with E-state index in [0.717, 1.165) is 6.92 Å². The Bertz CT molecular complexity index is 1230. The zero-order valence-electron chi connectivity index (χ0n) is 20.3. The van der Waals surface area contributed by atoms with Crippen molar-refractivity contribution in [2.75, 3.05) is 26.9 Å². The number of nitrogens with zero attached hydrogens (tertiary/aromatic N) is 4. The van der Waals surface area contributed by atoms with Gasteiger partial charge in [0.15, 0.2) is 6.23 Å². The van der Waals surface area contributed by atoms with Gasteiger partial charge in [0, 0.05) is 6.20 Å². The number of rotatable bonds is 8. The minimum absolute atomic E-state index is 0.148. The van der Waals surface area contributed by atoms with Crippen molar-refractivity contribution < 1.29 is 61.4 Å². The van der Waals surface area contributed by atoms with E-state index < -0.39 is 53.6 Å². The Morgan fingerprint density at radius 1 is 1.14 bits per heavy atom. The normalized spacial score (nSPS) is 28.4. The summed E-state index contributed by atoms with van der Waals surface area (Å²) in [6.45, 7) is 2.33. The highest BCUT2D eigenvalue weighted by Crippen LogP contribution is 2.66. The summed E-state index contributed by atoms with van der Waals surface area (Å²) in [5, 5.41) is 21.9. The van der Waals surface area contributed by atoms with Gasteiger partial charge in [0.05, 0.1) is 11.5 Å². The minimum Gasteiger partial charge on any atom is -0.387 e. The van der Waals surface area contributed by atoms with Crippen molar-refractivity contribution in [3.8, 4) is 0 Å². The molecule has 0 saturated carbocycles. The van der Waals surface area contributed by atoms with E-state index in [2.05, 4.69) is 23.1 Å². The zero-order valence-corrected chi connectivity index (χ0v) is 23.0. The lowest BCUT2D eigenvalue weighted by molar-refractivity contribution is -0.0979.